The number of aliphatic carboxylic acids is 1. The molecule has 0 aliphatic rings. The second-order valence-electron chi connectivity index (χ2n) is 4.02. The summed E-state index contributed by atoms with van der Waals surface area (Å²) in [5.41, 5.74) is 0. The summed E-state index contributed by atoms with van der Waals surface area (Å²) in [5, 5.41) is 11.6. The Morgan fingerprint density at radius 1 is 1.36 bits per heavy atom. The Bertz CT molecular complexity index is 188. The van der Waals surface area contributed by atoms with E-state index in [1.54, 1.807) is 6.08 Å². The van der Waals surface area contributed by atoms with Crippen LogP contribution in [0.3, 0.4) is 0 Å². The average molecular weight is 199 g/mol. The Balaban J connectivity index is 3.44. The monoisotopic (exact) mass is 199 g/mol. The largest absolute Gasteiger partial charge is 0.478 e. The maximum Gasteiger partial charge on any atom is 0.328 e. The first-order chi connectivity index (χ1) is 6.52. The summed E-state index contributed by atoms with van der Waals surface area (Å²) < 4.78 is 0. The molecule has 14 heavy (non-hydrogen) atoms. The fraction of sp³-hybridized carbons (Fsp3) is 0.727. The number of hydrogen-bond acceptors (Lipinski definition) is 2. The average Bonchev–Trinajstić information content (AvgIpc) is 2.08. The van der Waals surface area contributed by atoms with Gasteiger partial charge in [0.1, 0.15) is 0 Å². The van der Waals surface area contributed by atoms with Gasteiger partial charge in [-0.2, -0.15) is 0 Å². The first kappa shape index (κ1) is 13.2. The molecule has 0 saturated carbocycles. The molecule has 2 N–H and O–H groups in total. The summed E-state index contributed by atoms with van der Waals surface area (Å²) in [6, 6.07) is 0.454. The molecule has 1 atom stereocenters. The summed E-state index contributed by atoms with van der Waals surface area (Å²) in [7, 11) is 0. The van der Waals surface area contributed by atoms with Gasteiger partial charge in [-0.05, 0) is 25.7 Å². The van der Waals surface area contributed by atoms with Crippen LogP contribution in [0.5, 0.6) is 0 Å². The molecule has 0 rings (SSSR count). The number of carbonyl (C=O) groups is 1. The van der Waals surface area contributed by atoms with Gasteiger partial charge in [0, 0.05) is 18.7 Å². The van der Waals surface area contributed by atoms with E-state index in [-0.39, 0.29) is 0 Å². The van der Waals surface area contributed by atoms with E-state index in [2.05, 4.69) is 26.1 Å². The molecule has 0 radical (unpaired) electrons. The molecule has 0 fully saturated rings. The molecule has 0 aromatic rings. The van der Waals surface area contributed by atoms with Gasteiger partial charge >= 0.3 is 5.97 Å². The van der Waals surface area contributed by atoms with Crippen molar-refractivity contribution in [3.05, 3.63) is 12.2 Å². The van der Waals surface area contributed by atoms with Crippen LogP contribution in [0.4, 0.5) is 0 Å². The summed E-state index contributed by atoms with van der Waals surface area (Å²) in [4.78, 5) is 10.1. The van der Waals surface area contributed by atoms with E-state index in [0.717, 1.165) is 12.3 Å². The topological polar surface area (TPSA) is 49.3 Å². The number of carboxylic acids is 1. The molecule has 3 nitrogen and oxygen atoms in total. The van der Waals surface area contributed by atoms with E-state index < -0.39 is 5.97 Å². The molecule has 0 aromatic carbocycles. The van der Waals surface area contributed by atoms with Crippen LogP contribution < -0.4 is 5.32 Å². The third-order valence-corrected chi connectivity index (χ3v) is 2.02. The minimum absolute atomic E-state index is 0.454. The van der Waals surface area contributed by atoms with Crippen LogP contribution in [-0.2, 0) is 4.79 Å². The molecule has 0 aliphatic heterocycles. The van der Waals surface area contributed by atoms with Gasteiger partial charge in [-0.3, -0.25) is 0 Å². The summed E-state index contributed by atoms with van der Waals surface area (Å²) in [6.07, 6.45) is 5.14. The van der Waals surface area contributed by atoms with Crippen molar-refractivity contribution in [1.82, 2.24) is 5.32 Å². The van der Waals surface area contributed by atoms with Gasteiger partial charge < -0.3 is 10.4 Å². The van der Waals surface area contributed by atoms with E-state index in [4.69, 9.17) is 5.11 Å². The normalized spacial score (nSPS) is 13.7. The highest BCUT2D eigenvalue weighted by atomic mass is 16.4. The Labute approximate surface area is 86.2 Å². The SMILES string of the molecule is CC(C)CCC(C)NC/C=C/C(=O)O. The van der Waals surface area contributed by atoms with Crippen molar-refractivity contribution in [2.45, 2.75) is 39.7 Å². The first-order valence-corrected chi connectivity index (χ1v) is 5.15. The van der Waals surface area contributed by atoms with Crippen LogP contribution in [0.2, 0.25) is 0 Å². The van der Waals surface area contributed by atoms with Gasteiger partial charge in [0.15, 0.2) is 0 Å². The number of nitrogens with one attached hydrogen (secondary N) is 1. The maximum absolute atomic E-state index is 10.1. The number of rotatable bonds is 7. The molecule has 82 valence electrons. The Morgan fingerprint density at radius 3 is 2.50 bits per heavy atom. The van der Waals surface area contributed by atoms with Gasteiger partial charge in [0.25, 0.3) is 0 Å². The molecular formula is C11H21NO2. The highest BCUT2D eigenvalue weighted by molar-refractivity contribution is 5.79. The zero-order valence-electron chi connectivity index (χ0n) is 9.29. The minimum Gasteiger partial charge on any atom is -0.478 e. The summed E-state index contributed by atoms with van der Waals surface area (Å²) >= 11 is 0. The molecule has 0 bridgehead atoms. The lowest BCUT2D eigenvalue weighted by Gasteiger charge is -2.13. The van der Waals surface area contributed by atoms with E-state index in [9.17, 15) is 4.79 Å². The van der Waals surface area contributed by atoms with Crippen molar-refractivity contribution in [3.8, 4) is 0 Å². The molecule has 1 unspecified atom stereocenters. The van der Waals surface area contributed by atoms with E-state index in [1.165, 1.54) is 12.5 Å². The molecule has 0 amide bonds. The van der Waals surface area contributed by atoms with Gasteiger partial charge in [-0.15, -0.1) is 0 Å². The smallest absolute Gasteiger partial charge is 0.328 e. The number of hydrogen-bond donors (Lipinski definition) is 2. The zero-order valence-corrected chi connectivity index (χ0v) is 9.29. The fourth-order valence-electron chi connectivity index (χ4n) is 1.11. The Kier molecular flexibility index (Phi) is 7.11. The molecule has 0 heterocycles. The van der Waals surface area contributed by atoms with Crippen molar-refractivity contribution >= 4 is 5.97 Å². The Morgan fingerprint density at radius 2 is 2.00 bits per heavy atom. The van der Waals surface area contributed by atoms with Crippen LogP contribution in [-0.4, -0.2) is 23.7 Å². The second-order valence-corrected chi connectivity index (χ2v) is 4.02. The molecule has 0 aliphatic carbocycles. The molecule has 0 spiro atoms. The lowest BCUT2D eigenvalue weighted by atomic mass is 10.0. The highest BCUT2D eigenvalue weighted by Crippen LogP contribution is 2.05. The lowest BCUT2D eigenvalue weighted by molar-refractivity contribution is -0.131. The maximum atomic E-state index is 10.1. The summed E-state index contributed by atoms with van der Waals surface area (Å²) in [6.45, 7) is 7.16. The number of carboxylic acid groups (broad SMARTS) is 1. The first-order valence-electron chi connectivity index (χ1n) is 5.15. The van der Waals surface area contributed by atoms with Crippen LogP contribution in [0.25, 0.3) is 0 Å². The van der Waals surface area contributed by atoms with Crippen molar-refractivity contribution in [2.75, 3.05) is 6.54 Å². The van der Waals surface area contributed by atoms with Crippen LogP contribution in [0.1, 0.15) is 33.6 Å². The molecule has 0 aromatic heterocycles. The van der Waals surface area contributed by atoms with Crippen molar-refractivity contribution in [1.29, 1.82) is 0 Å². The van der Waals surface area contributed by atoms with Crippen molar-refractivity contribution < 1.29 is 9.90 Å². The molecule has 3 heteroatoms. The quantitative estimate of drug-likeness (QED) is 0.617. The highest BCUT2D eigenvalue weighted by Gasteiger charge is 2.01. The van der Waals surface area contributed by atoms with E-state index in [0.29, 0.717) is 12.6 Å². The standard InChI is InChI=1S/C11H21NO2/c1-9(2)6-7-10(3)12-8-4-5-11(13)14/h4-5,9-10,12H,6-8H2,1-3H3,(H,13,14)/b5-4+. The predicted molar refractivity (Wildman–Crippen MR) is 58.3 cm³/mol. The van der Waals surface area contributed by atoms with Gasteiger partial charge in [0.05, 0.1) is 0 Å². The molecule has 0 saturated heterocycles. The zero-order chi connectivity index (χ0) is 11.0. The minimum atomic E-state index is -0.887. The predicted octanol–water partition coefficient (Wildman–Crippen LogP) is 2.04. The van der Waals surface area contributed by atoms with Crippen LogP contribution in [0.15, 0.2) is 12.2 Å². The summed E-state index contributed by atoms with van der Waals surface area (Å²) in [5.74, 6) is -0.157. The second kappa shape index (κ2) is 7.56. The van der Waals surface area contributed by atoms with Crippen LogP contribution in [0, 0.1) is 5.92 Å². The van der Waals surface area contributed by atoms with E-state index >= 15 is 0 Å². The fourth-order valence-corrected chi connectivity index (χ4v) is 1.11. The van der Waals surface area contributed by atoms with Gasteiger partial charge in [-0.1, -0.05) is 19.9 Å². The van der Waals surface area contributed by atoms with Gasteiger partial charge in [-0.25, -0.2) is 4.79 Å². The lowest BCUT2D eigenvalue weighted by Crippen LogP contribution is -2.26. The molecular weight excluding hydrogens is 178 g/mol. The third-order valence-electron chi connectivity index (χ3n) is 2.02. The van der Waals surface area contributed by atoms with E-state index in [1.807, 2.05) is 0 Å². The third kappa shape index (κ3) is 9.26. The van der Waals surface area contributed by atoms with Crippen LogP contribution >= 0.6 is 0 Å². The van der Waals surface area contributed by atoms with Crippen molar-refractivity contribution in [2.24, 2.45) is 5.92 Å². The Hall–Kier alpha value is -0.830. The van der Waals surface area contributed by atoms with Gasteiger partial charge in [0.2, 0.25) is 0 Å². The van der Waals surface area contributed by atoms with Crippen molar-refractivity contribution in [3.63, 3.8) is 0 Å².